The van der Waals surface area contributed by atoms with Gasteiger partial charge in [-0.05, 0) is 19.8 Å². The van der Waals surface area contributed by atoms with Crippen molar-refractivity contribution < 1.29 is 4.79 Å². The Labute approximate surface area is 107 Å². The van der Waals surface area contributed by atoms with Crippen molar-refractivity contribution in [2.24, 2.45) is 0 Å². The average Bonchev–Trinajstić information content (AvgIpc) is 2.82. The van der Waals surface area contributed by atoms with Crippen LogP contribution in [0.15, 0.2) is 12.4 Å². The number of hydrogen-bond acceptors (Lipinski definition) is 5. The Kier molecular flexibility index (Phi) is 4.50. The number of hydrogen-bond donors (Lipinski definition) is 2. The number of Topliss-reactive ketones (excluding diaryl/α,β-unsaturated/α-hetero) is 1. The third-order valence-corrected chi connectivity index (χ3v) is 3.16. The molecule has 0 unspecified atom stereocenters. The molecule has 0 saturated heterocycles. The molecule has 5 heteroatoms. The summed E-state index contributed by atoms with van der Waals surface area (Å²) in [5, 5.41) is 6.55. The van der Waals surface area contributed by atoms with Gasteiger partial charge in [0.1, 0.15) is 23.7 Å². The highest BCUT2D eigenvalue weighted by Crippen LogP contribution is 2.21. The van der Waals surface area contributed by atoms with Crippen molar-refractivity contribution in [2.45, 2.75) is 45.1 Å². The maximum Gasteiger partial charge on any atom is 0.131 e. The molecule has 0 spiro atoms. The number of carbonyl (C=O) groups is 1. The van der Waals surface area contributed by atoms with E-state index in [0.29, 0.717) is 19.0 Å². The van der Waals surface area contributed by atoms with Gasteiger partial charge in [-0.3, -0.25) is 4.79 Å². The Morgan fingerprint density at radius 1 is 1.33 bits per heavy atom. The molecule has 0 aliphatic heterocycles. The molecule has 0 aromatic carbocycles. The molecule has 0 amide bonds. The second-order valence-corrected chi connectivity index (χ2v) is 4.79. The Balaban J connectivity index is 1.86. The fourth-order valence-corrected chi connectivity index (χ4v) is 2.18. The van der Waals surface area contributed by atoms with Crippen LogP contribution < -0.4 is 10.6 Å². The summed E-state index contributed by atoms with van der Waals surface area (Å²) >= 11 is 0. The smallest absolute Gasteiger partial charge is 0.131 e. The summed E-state index contributed by atoms with van der Waals surface area (Å²) in [4.78, 5) is 19.2. The Hall–Kier alpha value is -1.65. The molecule has 1 aliphatic carbocycles. The first-order valence-electron chi connectivity index (χ1n) is 6.56. The van der Waals surface area contributed by atoms with Crippen LogP contribution in [0.5, 0.6) is 0 Å². The van der Waals surface area contributed by atoms with Crippen LogP contribution in [0.4, 0.5) is 11.6 Å². The van der Waals surface area contributed by atoms with E-state index in [1.807, 2.05) is 6.07 Å². The number of ketones is 1. The van der Waals surface area contributed by atoms with E-state index >= 15 is 0 Å². The molecular formula is C13H20N4O. The lowest BCUT2D eigenvalue weighted by Gasteiger charge is -2.13. The molecular weight excluding hydrogens is 228 g/mol. The van der Waals surface area contributed by atoms with E-state index in [0.717, 1.165) is 11.6 Å². The first-order chi connectivity index (χ1) is 8.74. The molecule has 1 aromatic rings. The minimum absolute atomic E-state index is 0.181. The molecule has 0 atom stereocenters. The predicted octanol–water partition coefficient (Wildman–Crippen LogP) is 2.22. The molecule has 2 N–H and O–H groups in total. The van der Waals surface area contributed by atoms with E-state index in [2.05, 4.69) is 20.6 Å². The van der Waals surface area contributed by atoms with Gasteiger partial charge in [-0.15, -0.1) is 0 Å². The summed E-state index contributed by atoms with van der Waals surface area (Å²) in [6.45, 7) is 2.21. The van der Waals surface area contributed by atoms with Gasteiger partial charge in [0.05, 0.1) is 0 Å². The first kappa shape index (κ1) is 12.8. The van der Waals surface area contributed by atoms with E-state index in [9.17, 15) is 4.79 Å². The van der Waals surface area contributed by atoms with E-state index < -0.39 is 0 Å². The van der Waals surface area contributed by atoms with Crippen molar-refractivity contribution in [2.75, 3.05) is 17.2 Å². The molecule has 1 fully saturated rings. The average molecular weight is 248 g/mol. The van der Waals surface area contributed by atoms with Crippen LogP contribution in [-0.2, 0) is 4.79 Å². The number of rotatable bonds is 6. The molecule has 2 rings (SSSR count). The van der Waals surface area contributed by atoms with E-state index in [1.165, 1.54) is 25.7 Å². The predicted molar refractivity (Wildman–Crippen MR) is 71.7 cm³/mol. The fraction of sp³-hybridized carbons (Fsp3) is 0.615. The Bertz CT molecular complexity index is 402. The summed E-state index contributed by atoms with van der Waals surface area (Å²) in [7, 11) is 0. The van der Waals surface area contributed by atoms with Gasteiger partial charge in [0.15, 0.2) is 0 Å². The van der Waals surface area contributed by atoms with E-state index in [1.54, 1.807) is 13.3 Å². The molecule has 5 nitrogen and oxygen atoms in total. The lowest BCUT2D eigenvalue weighted by molar-refractivity contribution is -0.116. The van der Waals surface area contributed by atoms with Crippen LogP contribution in [0.1, 0.15) is 39.0 Å². The molecule has 1 heterocycles. The number of aromatic nitrogens is 2. The van der Waals surface area contributed by atoms with Crippen LogP contribution in [0.3, 0.4) is 0 Å². The zero-order chi connectivity index (χ0) is 12.8. The van der Waals surface area contributed by atoms with Crippen molar-refractivity contribution in [3.05, 3.63) is 12.4 Å². The van der Waals surface area contributed by atoms with E-state index in [-0.39, 0.29) is 5.78 Å². The molecule has 98 valence electrons. The Morgan fingerprint density at radius 2 is 2.06 bits per heavy atom. The molecule has 1 saturated carbocycles. The minimum Gasteiger partial charge on any atom is -0.369 e. The maximum absolute atomic E-state index is 10.8. The SMILES string of the molecule is CC(=O)CCNc1cc(NC2CCCC2)ncn1. The number of carbonyl (C=O) groups excluding carboxylic acids is 1. The van der Waals surface area contributed by atoms with Crippen molar-refractivity contribution in [1.29, 1.82) is 0 Å². The van der Waals surface area contributed by atoms with Crippen LogP contribution in [0, 0.1) is 0 Å². The van der Waals surface area contributed by atoms with Crippen molar-refractivity contribution in [3.8, 4) is 0 Å². The highest BCUT2D eigenvalue weighted by Gasteiger charge is 2.14. The normalized spacial score (nSPS) is 15.6. The Morgan fingerprint density at radius 3 is 2.78 bits per heavy atom. The van der Waals surface area contributed by atoms with Gasteiger partial charge >= 0.3 is 0 Å². The van der Waals surface area contributed by atoms with Crippen molar-refractivity contribution in [3.63, 3.8) is 0 Å². The highest BCUT2D eigenvalue weighted by molar-refractivity contribution is 5.75. The van der Waals surface area contributed by atoms with Gasteiger partial charge in [-0.1, -0.05) is 12.8 Å². The molecule has 1 aliphatic rings. The summed E-state index contributed by atoms with van der Waals surface area (Å²) < 4.78 is 0. The van der Waals surface area contributed by atoms with Crippen LogP contribution in [0.25, 0.3) is 0 Å². The topological polar surface area (TPSA) is 66.9 Å². The van der Waals surface area contributed by atoms with Gasteiger partial charge in [0.2, 0.25) is 0 Å². The van der Waals surface area contributed by atoms with Gasteiger partial charge < -0.3 is 10.6 Å². The largest absolute Gasteiger partial charge is 0.369 e. The molecule has 1 aromatic heterocycles. The molecule has 18 heavy (non-hydrogen) atoms. The second kappa shape index (κ2) is 6.33. The number of nitrogens with one attached hydrogen (secondary N) is 2. The molecule has 0 bridgehead atoms. The van der Waals surface area contributed by atoms with Gasteiger partial charge in [0.25, 0.3) is 0 Å². The highest BCUT2D eigenvalue weighted by atomic mass is 16.1. The van der Waals surface area contributed by atoms with Crippen molar-refractivity contribution >= 4 is 17.4 Å². The van der Waals surface area contributed by atoms with Gasteiger partial charge in [-0.25, -0.2) is 9.97 Å². The zero-order valence-electron chi connectivity index (χ0n) is 10.8. The number of anilines is 2. The van der Waals surface area contributed by atoms with Crippen molar-refractivity contribution in [1.82, 2.24) is 9.97 Å². The molecule has 0 radical (unpaired) electrons. The van der Waals surface area contributed by atoms with Gasteiger partial charge in [-0.2, -0.15) is 0 Å². The fourth-order valence-electron chi connectivity index (χ4n) is 2.18. The lowest BCUT2D eigenvalue weighted by Crippen LogP contribution is -2.16. The summed E-state index contributed by atoms with van der Waals surface area (Å²) in [6.07, 6.45) is 7.11. The second-order valence-electron chi connectivity index (χ2n) is 4.79. The first-order valence-corrected chi connectivity index (χ1v) is 6.56. The minimum atomic E-state index is 0.181. The summed E-state index contributed by atoms with van der Waals surface area (Å²) in [5.41, 5.74) is 0. The van der Waals surface area contributed by atoms with Crippen LogP contribution >= 0.6 is 0 Å². The zero-order valence-corrected chi connectivity index (χ0v) is 10.8. The third kappa shape index (κ3) is 3.98. The standard InChI is InChI=1S/C13H20N4O/c1-10(18)6-7-14-12-8-13(16-9-15-12)17-11-4-2-3-5-11/h8-9,11H,2-7H2,1H3,(H2,14,15,16,17). The van der Waals surface area contributed by atoms with E-state index in [4.69, 9.17) is 0 Å². The summed E-state index contributed by atoms with van der Waals surface area (Å²) in [5.74, 6) is 1.81. The monoisotopic (exact) mass is 248 g/mol. The lowest BCUT2D eigenvalue weighted by atomic mass is 10.2. The van der Waals surface area contributed by atoms with Crippen LogP contribution in [-0.4, -0.2) is 28.3 Å². The number of nitrogens with zero attached hydrogens (tertiary/aromatic N) is 2. The van der Waals surface area contributed by atoms with Crippen LogP contribution in [0.2, 0.25) is 0 Å². The third-order valence-electron chi connectivity index (χ3n) is 3.16. The summed E-state index contributed by atoms with van der Waals surface area (Å²) in [6, 6.07) is 2.45. The maximum atomic E-state index is 10.8. The quantitative estimate of drug-likeness (QED) is 0.808. The van der Waals surface area contributed by atoms with Gasteiger partial charge in [0, 0.05) is 25.1 Å².